The molecule has 0 saturated carbocycles. The Morgan fingerprint density at radius 3 is 2.36 bits per heavy atom. The molecule has 7 heteroatoms. The summed E-state index contributed by atoms with van der Waals surface area (Å²) in [6.07, 6.45) is -0.768. The lowest BCUT2D eigenvalue weighted by Crippen LogP contribution is -2.41. The molecule has 1 rings (SSSR count). The Kier molecular flexibility index (Phi) is 6.45. The summed E-state index contributed by atoms with van der Waals surface area (Å²) in [6, 6.07) is 6.10. The first-order chi connectivity index (χ1) is 10.1. The van der Waals surface area contributed by atoms with Gasteiger partial charge in [0.15, 0.2) is 5.94 Å². The number of alkyl carbamates (subject to hydrolysis) is 1. The molecule has 1 amide bonds. The zero-order chi connectivity index (χ0) is 16.8. The number of sulfone groups is 1. The van der Waals surface area contributed by atoms with Crippen molar-refractivity contribution >= 4 is 31.9 Å². The molecule has 0 aliphatic heterocycles. The van der Waals surface area contributed by atoms with Crippen LogP contribution in [-0.4, -0.2) is 31.3 Å². The Bertz CT molecular complexity index is 679. The molecule has 0 bridgehead atoms. The number of hydrogen-bond acceptors (Lipinski definition) is 4. The first kappa shape index (κ1) is 18.5. The second-order valence-corrected chi connectivity index (χ2v) is 8.00. The average molecular weight is 388 g/mol. The number of rotatable bonds is 3. The highest BCUT2D eigenvalue weighted by atomic mass is 79.9. The number of nitrogens with one attached hydrogen (secondary N) is 1. The van der Waals surface area contributed by atoms with Crippen LogP contribution in [0.25, 0.3) is 0 Å². The molecule has 0 saturated heterocycles. The van der Waals surface area contributed by atoms with E-state index >= 15 is 0 Å². The predicted octanol–water partition coefficient (Wildman–Crippen LogP) is 2.69. The van der Waals surface area contributed by atoms with Crippen LogP contribution in [0.15, 0.2) is 29.2 Å². The van der Waals surface area contributed by atoms with E-state index < -0.39 is 27.4 Å². The number of alkyl halides is 1. The van der Waals surface area contributed by atoms with E-state index in [1.54, 1.807) is 32.9 Å². The highest BCUT2D eigenvalue weighted by Crippen LogP contribution is 2.13. The van der Waals surface area contributed by atoms with Gasteiger partial charge in [-0.3, -0.25) is 0 Å². The Balaban J connectivity index is 2.72. The van der Waals surface area contributed by atoms with Crippen LogP contribution >= 0.6 is 15.9 Å². The maximum Gasteiger partial charge on any atom is 0.408 e. The van der Waals surface area contributed by atoms with Gasteiger partial charge in [0, 0.05) is 11.1 Å². The lowest BCUT2D eigenvalue weighted by molar-refractivity contribution is 0.154. The lowest BCUT2D eigenvalue weighted by atomic mass is 10.1. The molecule has 0 spiro atoms. The monoisotopic (exact) mass is 387 g/mol. The van der Waals surface area contributed by atoms with Crippen molar-refractivity contribution in [3.05, 3.63) is 29.8 Å². The first-order valence-electron chi connectivity index (χ1n) is 6.47. The van der Waals surface area contributed by atoms with Crippen LogP contribution in [0.1, 0.15) is 26.3 Å². The SMILES string of the molecule is CC(C)(C)NC(=O)OCS(=O)(=O)c1ccc(C#CCBr)cc1. The average Bonchev–Trinajstić information content (AvgIpc) is 2.42. The van der Waals surface area contributed by atoms with Crippen LogP contribution in [0.4, 0.5) is 4.79 Å². The summed E-state index contributed by atoms with van der Waals surface area (Å²) in [5.74, 6) is 4.98. The molecule has 5 nitrogen and oxygen atoms in total. The van der Waals surface area contributed by atoms with E-state index in [4.69, 9.17) is 4.74 Å². The van der Waals surface area contributed by atoms with Gasteiger partial charge in [-0.1, -0.05) is 27.8 Å². The third-order valence-corrected chi connectivity index (χ3v) is 4.03. The zero-order valence-electron chi connectivity index (χ0n) is 12.6. The molecule has 0 aliphatic rings. The standard InChI is InChI=1S/C15H18BrNO4S/c1-15(2,3)17-14(18)21-11-22(19,20)13-8-6-12(7-9-13)5-4-10-16/h6-9H,10-11H2,1-3H3,(H,17,18). The van der Waals surface area contributed by atoms with Gasteiger partial charge in [-0.2, -0.15) is 0 Å². The van der Waals surface area contributed by atoms with Gasteiger partial charge in [-0.05, 0) is 45.0 Å². The molecule has 0 fully saturated rings. The molecule has 120 valence electrons. The Morgan fingerprint density at radius 2 is 1.86 bits per heavy atom. The summed E-state index contributed by atoms with van der Waals surface area (Å²) in [5.41, 5.74) is 0.223. The number of carbonyl (C=O) groups is 1. The van der Waals surface area contributed by atoms with Gasteiger partial charge < -0.3 is 10.1 Å². The highest BCUT2D eigenvalue weighted by Gasteiger charge is 2.19. The Labute approximate surface area is 139 Å². The lowest BCUT2D eigenvalue weighted by Gasteiger charge is -2.19. The number of carbonyl (C=O) groups excluding carboxylic acids is 1. The van der Waals surface area contributed by atoms with Crippen molar-refractivity contribution in [1.29, 1.82) is 0 Å². The van der Waals surface area contributed by atoms with E-state index in [0.29, 0.717) is 10.9 Å². The van der Waals surface area contributed by atoms with E-state index in [0.717, 1.165) is 0 Å². The minimum absolute atomic E-state index is 0.0838. The van der Waals surface area contributed by atoms with Gasteiger partial charge in [0.1, 0.15) is 0 Å². The molecule has 1 N–H and O–H groups in total. The number of hydrogen-bond donors (Lipinski definition) is 1. The summed E-state index contributed by atoms with van der Waals surface area (Å²) >= 11 is 3.18. The van der Waals surface area contributed by atoms with Crippen LogP contribution in [0.5, 0.6) is 0 Å². The molecular formula is C15H18BrNO4S. The number of amides is 1. The van der Waals surface area contributed by atoms with Gasteiger partial charge in [0.2, 0.25) is 9.84 Å². The van der Waals surface area contributed by atoms with Crippen LogP contribution in [-0.2, 0) is 14.6 Å². The normalized spacial score (nSPS) is 11.3. The molecule has 0 atom stereocenters. The minimum atomic E-state index is -3.69. The van der Waals surface area contributed by atoms with Crippen molar-refractivity contribution in [2.45, 2.75) is 31.2 Å². The number of benzene rings is 1. The van der Waals surface area contributed by atoms with Gasteiger partial charge in [-0.15, -0.1) is 0 Å². The van der Waals surface area contributed by atoms with E-state index in [2.05, 4.69) is 33.1 Å². The van der Waals surface area contributed by atoms with Gasteiger partial charge in [0.25, 0.3) is 0 Å². The van der Waals surface area contributed by atoms with E-state index in [-0.39, 0.29) is 4.90 Å². The molecule has 0 unspecified atom stereocenters. The number of halogens is 1. The number of ether oxygens (including phenoxy) is 1. The Hall–Kier alpha value is -1.52. The van der Waals surface area contributed by atoms with Crippen molar-refractivity contribution in [3.63, 3.8) is 0 Å². The molecular weight excluding hydrogens is 370 g/mol. The third kappa shape index (κ3) is 6.50. The quantitative estimate of drug-likeness (QED) is 0.639. The third-order valence-electron chi connectivity index (χ3n) is 2.34. The van der Waals surface area contributed by atoms with Crippen molar-refractivity contribution in [2.24, 2.45) is 0 Å². The highest BCUT2D eigenvalue weighted by molar-refractivity contribution is 9.09. The smallest absolute Gasteiger partial charge is 0.408 e. The topological polar surface area (TPSA) is 72.5 Å². The molecule has 0 aliphatic carbocycles. The van der Waals surface area contributed by atoms with Gasteiger partial charge in [-0.25, -0.2) is 13.2 Å². The fourth-order valence-corrected chi connectivity index (χ4v) is 2.51. The van der Waals surface area contributed by atoms with Crippen LogP contribution in [0.3, 0.4) is 0 Å². The second-order valence-electron chi connectivity index (χ2n) is 5.50. The van der Waals surface area contributed by atoms with Crippen molar-refractivity contribution in [1.82, 2.24) is 5.32 Å². The first-order valence-corrected chi connectivity index (χ1v) is 9.24. The maximum absolute atomic E-state index is 12.1. The zero-order valence-corrected chi connectivity index (χ0v) is 15.0. The summed E-state index contributed by atoms with van der Waals surface area (Å²) in [7, 11) is -3.69. The summed E-state index contributed by atoms with van der Waals surface area (Å²) in [6.45, 7) is 5.32. The van der Waals surface area contributed by atoms with Gasteiger partial charge in [0.05, 0.1) is 10.2 Å². The predicted molar refractivity (Wildman–Crippen MR) is 88.5 cm³/mol. The van der Waals surface area contributed by atoms with Crippen LogP contribution in [0.2, 0.25) is 0 Å². The van der Waals surface area contributed by atoms with E-state index in [9.17, 15) is 13.2 Å². The molecule has 0 radical (unpaired) electrons. The fourth-order valence-electron chi connectivity index (χ4n) is 1.42. The van der Waals surface area contributed by atoms with E-state index in [1.807, 2.05) is 0 Å². The Morgan fingerprint density at radius 1 is 1.27 bits per heavy atom. The van der Waals surface area contributed by atoms with Crippen molar-refractivity contribution in [2.75, 3.05) is 11.3 Å². The summed E-state index contributed by atoms with van der Waals surface area (Å²) in [5, 5.41) is 3.07. The van der Waals surface area contributed by atoms with Crippen molar-refractivity contribution in [3.8, 4) is 11.8 Å². The second kappa shape index (κ2) is 7.65. The molecule has 0 heterocycles. The maximum atomic E-state index is 12.1. The van der Waals surface area contributed by atoms with Crippen LogP contribution < -0.4 is 5.32 Å². The van der Waals surface area contributed by atoms with Crippen LogP contribution in [0, 0.1) is 11.8 Å². The molecule has 1 aromatic rings. The van der Waals surface area contributed by atoms with Gasteiger partial charge >= 0.3 is 6.09 Å². The largest absolute Gasteiger partial charge is 0.433 e. The van der Waals surface area contributed by atoms with Crippen molar-refractivity contribution < 1.29 is 17.9 Å². The summed E-state index contributed by atoms with van der Waals surface area (Å²) < 4.78 is 28.9. The van der Waals surface area contributed by atoms with E-state index in [1.165, 1.54) is 12.1 Å². The molecule has 1 aromatic carbocycles. The minimum Gasteiger partial charge on any atom is -0.433 e. The fraction of sp³-hybridized carbons (Fsp3) is 0.400. The molecule has 0 aromatic heterocycles. The summed E-state index contributed by atoms with van der Waals surface area (Å²) in [4.78, 5) is 11.6. The molecule has 22 heavy (non-hydrogen) atoms.